The van der Waals surface area contributed by atoms with Crippen LogP contribution in [0, 0.1) is 11.6 Å². The number of halogens is 2. The minimum absolute atomic E-state index is 0.302. The molecule has 7 heteroatoms. The summed E-state index contributed by atoms with van der Waals surface area (Å²) in [6.45, 7) is 1.52. The van der Waals surface area contributed by atoms with Gasteiger partial charge in [0.15, 0.2) is 0 Å². The first-order valence-corrected chi connectivity index (χ1v) is 10.2. The maximum Gasteiger partial charge on any atom is 0.243 e. The zero-order valence-corrected chi connectivity index (χ0v) is 15.0. The second-order valence-electron chi connectivity index (χ2n) is 6.87. The van der Waals surface area contributed by atoms with Gasteiger partial charge in [-0.05, 0) is 30.5 Å². The monoisotopic (exact) mass is 378 g/mol. The van der Waals surface area contributed by atoms with Crippen LogP contribution in [0.3, 0.4) is 0 Å². The van der Waals surface area contributed by atoms with Gasteiger partial charge in [0.2, 0.25) is 10.0 Å². The van der Waals surface area contributed by atoms with Gasteiger partial charge in [-0.25, -0.2) is 17.2 Å². The van der Waals surface area contributed by atoms with Crippen molar-refractivity contribution in [2.45, 2.75) is 29.8 Å². The third-order valence-electron chi connectivity index (χ3n) is 5.05. The molecule has 2 aromatic rings. The van der Waals surface area contributed by atoms with Crippen LogP contribution >= 0.6 is 0 Å². The van der Waals surface area contributed by atoms with E-state index in [1.807, 2.05) is 30.3 Å². The van der Waals surface area contributed by atoms with Gasteiger partial charge in [0.05, 0.1) is 10.9 Å². The first kappa shape index (κ1) is 17.6. The van der Waals surface area contributed by atoms with E-state index in [0.717, 1.165) is 30.5 Å². The highest BCUT2D eigenvalue weighted by Crippen LogP contribution is 2.36. The molecule has 1 unspecified atom stereocenters. The SMILES string of the molecule is O=S(=O)(c1cc(F)cc(F)c1)N1CCN(C2CC2)CC1c1ccccc1. The Morgan fingerprint density at radius 1 is 0.923 bits per heavy atom. The molecule has 0 spiro atoms. The molecule has 4 rings (SSSR count). The summed E-state index contributed by atoms with van der Waals surface area (Å²) in [6, 6.07) is 12.0. The Hall–Kier alpha value is -1.83. The molecule has 1 saturated carbocycles. The van der Waals surface area contributed by atoms with Crippen LogP contribution in [0.15, 0.2) is 53.4 Å². The van der Waals surface area contributed by atoms with E-state index < -0.39 is 21.7 Å². The first-order valence-electron chi connectivity index (χ1n) is 8.72. The predicted octanol–water partition coefficient (Wildman–Crippen LogP) is 3.17. The molecule has 0 bridgehead atoms. The lowest BCUT2D eigenvalue weighted by molar-refractivity contribution is 0.128. The normalized spacial score (nSPS) is 22.5. The third-order valence-corrected chi connectivity index (χ3v) is 6.94. The van der Waals surface area contributed by atoms with Crippen LogP contribution in [0.2, 0.25) is 0 Å². The van der Waals surface area contributed by atoms with Crippen molar-refractivity contribution < 1.29 is 17.2 Å². The van der Waals surface area contributed by atoms with Crippen LogP contribution in [0.25, 0.3) is 0 Å². The second kappa shape index (κ2) is 6.72. The van der Waals surface area contributed by atoms with E-state index in [2.05, 4.69) is 4.90 Å². The molecule has 4 nitrogen and oxygen atoms in total. The van der Waals surface area contributed by atoms with Crippen molar-refractivity contribution in [3.05, 3.63) is 65.7 Å². The van der Waals surface area contributed by atoms with Crippen molar-refractivity contribution in [2.75, 3.05) is 19.6 Å². The lowest BCUT2D eigenvalue weighted by Gasteiger charge is -2.41. The number of hydrogen-bond acceptors (Lipinski definition) is 3. The number of rotatable bonds is 4. The van der Waals surface area contributed by atoms with Gasteiger partial charge < -0.3 is 0 Å². The summed E-state index contributed by atoms with van der Waals surface area (Å²) in [5.41, 5.74) is 0.887. The number of hydrogen-bond donors (Lipinski definition) is 0. The molecule has 2 aromatic carbocycles. The van der Waals surface area contributed by atoms with Crippen molar-refractivity contribution in [1.82, 2.24) is 9.21 Å². The van der Waals surface area contributed by atoms with Crippen molar-refractivity contribution >= 4 is 10.0 Å². The van der Waals surface area contributed by atoms with Gasteiger partial charge in [-0.2, -0.15) is 4.31 Å². The summed E-state index contributed by atoms with van der Waals surface area (Å²) in [4.78, 5) is 1.98. The van der Waals surface area contributed by atoms with E-state index in [1.54, 1.807) is 0 Å². The van der Waals surface area contributed by atoms with E-state index in [0.29, 0.717) is 31.7 Å². The van der Waals surface area contributed by atoms with Crippen LogP contribution in [0.5, 0.6) is 0 Å². The summed E-state index contributed by atoms with van der Waals surface area (Å²) < 4.78 is 54.8. The minimum atomic E-state index is -4.01. The molecule has 0 radical (unpaired) electrons. The van der Waals surface area contributed by atoms with Crippen molar-refractivity contribution in [1.29, 1.82) is 0 Å². The fraction of sp³-hybridized carbons (Fsp3) is 0.368. The molecule has 0 amide bonds. The molecule has 1 saturated heterocycles. The fourth-order valence-electron chi connectivity index (χ4n) is 3.61. The van der Waals surface area contributed by atoms with Gasteiger partial charge in [-0.3, -0.25) is 4.90 Å². The Labute approximate surface area is 152 Å². The topological polar surface area (TPSA) is 40.6 Å². The van der Waals surface area contributed by atoms with Crippen molar-refractivity contribution in [3.8, 4) is 0 Å². The van der Waals surface area contributed by atoms with E-state index in [1.165, 1.54) is 4.31 Å². The first-order chi connectivity index (χ1) is 12.4. The van der Waals surface area contributed by atoms with E-state index in [-0.39, 0.29) is 10.9 Å². The van der Waals surface area contributed by atoms with Gasteiger partial charge >= 0.3 is 0 Å². The second-order valence-corrected chi connectivity index (χ2v) is 8.76. The highest BCUT2D eigenvalue weighted by Gasteiger charge is 2.41. The van der Waals surface area contributed by atoms with Crippen LogP contribution in [-0.2, 0) is 10.0 Å². The smallest absolute Gasteiger partial charge is 0.243 e. The Balaban J connectivity index is 1.72. The van der Waals surface area contributed by atoms with E-state index >= 15 is 0 Å². The Morgan fingerprint density at radius 3 is 2.19 bits per heavy atom. The molecule has 2 fully saturated rings. The minimum Gasteiger partial charge on any atom is -0.297 e. The Kier molecular flexibility index (Phi) is 4.54. The molecule has 0 N–H and O–H groups in total. The fourth-order valence-corrected chi connectivity index (χ4v) is 5.25. The number of sulfonamides is 1. The number of piperazine rings is 1. The molecule has 1 aliphatic heterocycles. The molecule has 2 aliphatic rings. The van der Waals surface area contributed by atoms with Gasteiger partial charge in [-0.15, -0.1) is 0 Å². The number of nitrogens with zero attached hydrogens (tertiary/aromatic N) is 2. The van der Waals surface area contributed by atoms with Crippen LogP contribution in [0.4, 0.5) is 8.78 Å². The average molecular weight is 378 g/mol. The standard InChI is InChI=1S/C19H20F2N2O2S/c20-15-10-16(21)12-18(11-15)26(24,25)23-9-8-22(17-6-7-17)13-19(23)14-4-2-1-3-5-14/h1-5,10-12,17,19H,6-9,13H2. The highest BCUT2D eigenvalue weighted by molar-refractivity contribution is 7.89. The lowest BCUT2D eigenvalue weighted by Crippen LogP contribution is -2.51. The van der Waals surface area contributed by atoms with Crippen molar-refractivity contribution in [2.24, 2.45) is 0 Å². The summed E-state index contributed by atoms with van der Waals surface area (Å²) in [6.07, 6.45) is 2.28. The van der Waals surface area contributed by atoms with Gasteiger partial charge in [0.25, 0.3) is 0 Å². The summed E-state index contributed by atoms with van der Waals surface area (Å²) in [5, 5.41) is 0. The van der Waals surface area contributed by atoms with E-state index in [4.69, 9.17) is 0 Å². The lowest BCUT2D eigenvalue weighted by atomic mass is 10.0. The van der Waals surface area contributed by atoms with E-state index in [9.17, 15) is 17.2 Å². The zero-order chi connectivity index (χ0) is 18.3. The summed E-state index contributed by atoms with van der Waals surface area (Å²) >= 11 is 0. The Bertz CT molecular complexity index is 881. The average Bonchev–Trinajstić information content (AvgIpc) is 3.46. The van der Waals surface area contributed by atoms with Crippen LogP contribution in [0.1, 0.15) is 24.4 Å². The summed E-state index contributed by atoms with van der Waals surface area (Å²) in [7, 11) is -4.01. The van der Waals surface area contributed by atoms with Crippen LogP contribution in [-0.4, -0.2) is 43.3 Å². The molecule has 1 atom stereocenters. The largest absolute Gasteiger partial charge is 0.297 e. The quantitative estimate of drug-likeness (QED) is 0.821. The maximum atomic E-state index is 13.6. The molecule has 138 valence electrons. The van der Waals surface area contributed by atoms with Crippen molar-refractivity contribution in [3.63, 3.8) is 0 Å². The predicted molar refractivity (Wildman–Crippen MR) is 94.0 cm³/mol. The molecule has 0 aromatic heterocycles. The Morgan fingerprint density at radius 2 is 1.58 bits per heavy atom. The highest BCUT2D eigenvalue weighted by atomic mass is 32.2. The molecule has 1 heterocycles. The summed E-state index contributed by atoms with van der Waals surface area (Å²) in [5.74, 6) is -1.78. The zero-order valence-electron chi connectivity index (χ0n) is 14.2. The molecular weight excluding hydrogens is 358 g/mol. The maximum absolute atomic E-state index is 13.6. The van der Waals surface area contributed by atoms with Gasteiger partial charge in [0.1, 0.15) is 11.6 Å². The van der Waals surface area contributed by atoms with Gasteiger partial charge in [-0.1, -0.05) is 30.3 Å². The number of benzene rings is 2. The molecular formula is C19H20F2N2O2S. The molecule has 26 heavy (non-hydrogen) atoms. The van der Waals surface area contributed by atoms with Gasteiger partial charge in [0, 0.05) is 31.7 Å². The third kappa shape index (κ3) is 3.39. The van der Waals surface area contributed by atoms with Crippen LogP contribution < -0.4 is 0 Å². The molecule has 1 aliphatic carbocycles.